The lowest BCUT2D eigenvalue weighted by Crippen LogP contribution is -2.03. The van der Waals surface area contributed by atoms with Crippen molar-refractivity contribution >= 4 is 11.8 Å². The van der Waals surface area contributed by atoms with Gasteiger partial charge >= 0.3 is 5.97 Å². The molecule has 0 saturated carbocycles. The second-order valence-electron chi connectivity index (χ2n) is 6.25. The van der Waals surface area contributed by atoms with Gasteiger partial charge in [-0.1, -0.05) is 71.1 Å². The topological polar surface area (TPSA) is 43.4 Å². The highest BCUT2D eigenvalue weighted by atomic mass is 16.5. The molecule has 0 aliphatic heterocycles. The Labute approximate surface area is 137 Å². The number of Topliss-reactive ketones (excluding diaryl/α,β-unsaturated/α-hetero) is 1. The van der Waals surface area contributed by atoms with Crippen LogP contribution in [0.4, 0.5) is 0 Å². The van der Waals surface area contributed by atoms with Gasteiger partial charge in [0.05, 0.1) is 7.11 Å². The summed E-state index contributed by atoms with van der Waals surface area (Å²) in [5.74, 6) is 0.0716. The molecule has 3 heteroatoms. The van der Waals surface area contributed by atoms with E-state index in [0.29, 0.717) is 31.5 Å². The van der Waals surface area contributed by atoms with Crippen LogP contribution < -0.4 is 0 Å². The number of hydrogen-bond acceptors (Lipinski definition) is 3. The molecule has 22 heavy (non-hydrogen) atoms. The van der Waals surface area contributed by atoms with Crippen molar-refractivity contribution in [1.29, 1.82) is 0 Å². The molecule has 3 nitrogen and oxygen atoms in total. The SMILES string of the molecule is CCCCCCCCCCCCCC(=O)CCCC(=O)OC. The third kappa shape index (κ3) is 15.5. The summed E-state index contributed by atoms with van der Waals surface area (Å²) in [4.78, 5) is 22.5. The van der Waals surface area contributed by atoms with Crippen LogP contribution in [0.5, 0.6) is 0 Å². The van der Waals surface area contributed by atoms with Gasteiger partial charge in [-0.05, 0) is 12.8 Å². The van der Waals surface area contributed by atoms with Gasteiger partial charge in [-0.15, -0.1) is 0 Å². The van der Waals surface area contributed by atoms with Crippen molar-refractivity contribution < 1.29 is 14.3 Å². The summed E-state index contributed by atoms with van der Waals surface area (Å²) in [7, 11) is 1.38. The second-order valence-corrected chi connectivity index (χ2v) is 6.25. The highest BCUT2D eigenvalue weighted by Crippen LogP contribution is 2.12. The number of carbonyl (C=O) groups is 2. The quantitative estimate of drug-likeness (QED) is 0.275. The van der Waals surface area contributed by atoms with Crippen LogP contribution in [0.15, 0.2) is 0 Å². The third-order valence-electron chi connectivity index (χ3n) is 4.12. The Kier molecular flexibility index (Phi) is 15.9. The summed E-state index contributed by atoms with van der Waals surface area (Å²) in [6.45, 7) is 2.25. The fourth-order valence-corrected chi connectivity index (χ4v) is 2.64. The standard InChI is InChI=1S/C19H36O3/c1-3-4-5-6-7-8-9-10-11-12-13-15-18(20)16-14-17-19(21)22-2/h3-17H2,1-2H3. The van der Waals surface area contributed by atoms with Crippen molar-refractivity contribution in [3.63, 3.8) is 0 Å². The molecule has 0 saturated heterocycles. The van der Waals surface area contributed by atoms with Gasteiger partial charge < -0.3 is 4.74 Å². The Hall–Kier alpha value is -0.860. The first-order valence-electron chi connectivity index (χ1n) is 9.29. The Balaban J connectivity index is 3.18. The van der Waals surface area contributed by atoms with E-state index in [1.54, 1.807) is 0 Å². The van der Waals surface area contributed by atoms with Gasteiger partial charge in [-0.25, -0.2) is 0 Å². The monoisotopic (exact) mass is 312 g/mol. The van der Waals surface area contributed by atoms with Gasteiger partial charge in [0.15, 0.2) is 0 Å². The molecule has 0 atom stereocenters. The molecular weight excluding hydrogens is 276 g/mol. The molecule has 0 aromatic carbocycles. The van der Waals surface area contributed by atoms with Crippen LogP contribution in [0, 0.1) is 0 Å². The average Bonchev–Trinajstić information content (AvgIpc) is 2.52. The summed E-state index contributed by atoms with van der Waals surface area (Å²) >= 11 is 0. The summed E-state index contributed by atoms with van der Waals surface area (Å²) in [6, 6.07) is 0. The number of esters is 1. The largest absolute Gasteiger partial charge is 0.469 e. The van der Waals surface area contributed by atoms with Crippen LogP contribution in [-0.4, -0.2) is 18.9 Å². The molecule has 0 bridgehead atoms. The summed E-state index contributed by atoms with van der Waals surface area (Å²) in [5.41, 5.74) is 0. The fourth-order valence-electron chi connectivity index (χ4n) is 2.64. The second kappa shape index (κ2) is 16.5. The Bertz CT molecular complexity index is 274. The third-order valence-corrected chi connectivity index (χ3v) is 4.12. The highest BCUT2D eigenvalue weighted by molar-refractivity contribution is 5.79. The van der Waals surface area contributed by atoms with E-state index in [-0.39, 0.29) is 5.97 Å². The minimum absolute atomic E-state index is 0.220. The minimum Gasteiger partial charge on any atom is -0.469 e. The van der Waals surface area contributed by atoms with Gasteiger partial charge in [0, 0.05) is 19.3 Å². The van der Waals surface area contributed by atoms with E-state index in [2.05, 4.69) is 11.7 Å². The van der Waals surface area contributed by atoms with Gasteiger partial charge in [0.1, 0.15) is 5.78 Å². The lowest BCUT2D eigenvalue weighted by Gasteiger charge is -2.03. The lowest BCUT2D eigenvalue weighted by atomic mass is 10.0. The molecule has 0 amide bonds. The first-order valence-corrected chi connectivity index (χ1v) is 9.29. The zero-order valence-electron chi connectivity index (χ0n) is 14.8. The number of rotatable bonds is 16. The Morgan fingerprint density at radius 2 is 1.09 bits per heavy atom. The van der Waals surface area contributed by atoms with E-state index in [0.717, 1.165) is 6.42 Å². The molecule has 0 aliphatic rings. The maximum absolute atomic E-state index is 11.6. The first-order chi connectivity index (χ1) is 10.7. The number of ether oxygens (including phenoxy) is 1. The molecule has 0 radical (unpaired) electrons. The van der Waals surface area contributed by atoms with Crippen molar-refractivity contribution in [3.05, 3.63) is 0 Å². The predicted molar refractivity (Wildman–Crippen MR) is 92.0 cm³/mol. The molecule has 0 aromatic rings. The maximum atomic E-state index is 11.6. The van der Waals surface area contributed by atoms with Gasteiger partial charge in [-0.2, -0.15) is 0 Å². The Morgan fingerprint density at radius 1 is 0.636 bits per heavy atom. The number of unbranched alkanes of at least 4 members (excludes halogenated alkanes) is 10. The molecule has 0 unspecified atom stereocenters. The number of ketones is 1. The van der Waals surface area contributed by atoms with Crippen LogP contribution >= 0.6 is 0 Å². The highest BCUT2D eigenvalue weighted by Gasteiger charge is 2.05. The number of methoxy groups -OCH3 is 1. The zero-order chi connectivity index (χ0) is 16.5. The van der Waals surface area contributed by atoms with Gasteiger partial charge in [0.25, 0.3) is 0 Å². The smallest absolute Gasteiger partial charge is 0.305 e. The van der Waals surface area contributed by atoms with E-state index < -0.39 is 0 Å². The number of carbonyl (C=O) groups excluding carboxylic acids is 2. The molecular formula is C19H36O3. The lowest BCUT2D eigenvalue weighted by molar-refractivity contribution is -0.140. The van der Waals surface area contributed by atoms with Crippen molar-refractivity contribution in [2.75, 3.05) is 7.11 Å². The molecule has 0 aliphatic carbocycles. The van der Waals surface area contributed by atoms with Gasteiger partial charge in [0.2, 0.25) is 0 Å². The van der Waals surface area contributed by atoms with E-state index in [1.807, 2.05) is 0 Å². The van der Waals surface area contributed by atoms with Crippen LogP contribution in [-0.2, 0) is 14.3 Å². The van der Waals surface area contributed by atoms with E-state index in [4.69, 9.17) is 0 Å². The van der Waals surface area contributed by atoms with Crippen LogP contribution in [0.3, 0.4) is 0 Å². The molecule has 0 aromatic heterocycles. The predicted octanol–water partition coefficient (Wildman–Crippen LogP) is 5.60. The van der Waals surface area contributed by atoms with Crippen LogP contribution in [0.1, 0.15) is 103 Å². The summed E-state index contributed by atoms with van der Waals surface area (Å²) in [5, 5.41) is 0. The number of hydrogen-bond donors (Lipinski definition) is 0. The summed E-state index contributed by atoms with van der Waals surface area (Å²) < 4.78 is 4.55. The van der Waals surface area contributed by atoms with E-state index in [1.165, 1.54) is 71.3 Å². The average molecular weight is 312 g/mol. The fraction of sp³-hybridized carbons (Fsp3) is 0.895. The minimum atomic E-state index is -0.220. The molecule has 0 heterocycles. The van der Waals surface area contributed by atoms with Crippen molar-refractivity contribution in [2.45, 2.75) is 103 Å². The van der Waals surface area contributed by atoms with E-state index >= 15 is 0 Å². The molecule has 0 fully saturated rings. The molecule has 0 N–H and O–H groups in total. The zero-order valence-corrected chi connectivity index (χ0v) is 14.8. The van der Waals surface area contributed by atoms with Gasteiger partial charge in [-0.3, -0.25) is 9.59 Å². The maximum Gasteiger partial charge on any atom is 0.305 e. The first kappa shape index (κ1) is 21.1. The van der Waals surface area contributed by atoms with Crippen molar-refractivity contribution in [3.8, 4) is 0 Å². The Morgan fingerprint density at radius 3 is 1.59 bits per heavy atom. The molecule has 0 spiro atoms. The van der Waals surface area contributed by atoms with Crippen molar-refractivity contribution in [2.24, 2.45) is 0 Å². The molecule has 0 rings (SSSR count). The summed E-state index contributed by atoms with van der Waals surface area (Å²) in [6.07, 6.45) is 16.5. The van der Waals surface area contributed by atoms with Crippen LogP contribution in [0.2, 0.25) is 0 Å². The normalized spacial score (nSPS) is 10.6. The van der Waals surface area contributed by atoms with Crippen LogP contribution in [0.25, 0.3) is 0 Å². The van der Waals surface area contributed by atoms with Crippen molar-refractivity contribution in [1.82, 2.24) is 0 Å². The van der Waals surface area contributed by atoms with E-state index in [9.17, 15) is 9.59 Å². The molecule has 130 valence electrons.